The van der Waals surface area contributed by atoms with Crippen molar-refractivity contribution in [3.63, 3.8) is 0 Å². The Balaban J connectivity index is 2.06. The second-order valence-corrected chi connectivity index (χ2v) is 10.3. The van der Waals surface area contributed by atoms with Gasteiger partial charge in [-0.3, -0.25) is 4.98 Å². The van der Waals surface area contributed by atoms with Crippen molar-refractivity contribution in [1.82, 2.24) is 10.4 Å². The fourth-order valence-electron chi connectivity index (χ4n) is 2.93. The lowest BCUT2D eigenvalue weighted by molar-refractivity contribution is 0.377. The minimum absolute atomic E-state index is 0.0105. The van der Waals surface area contributed by atoms with Gasteiger partial charge in [-0.15, -0.1) is 0 Å². The van der Waals surface area contributed by atoms with Gasteiger partial charge in [-0.2, -0.15) is 0 Å². The van der Waals surface area contributed by atoms with Crippen molar-refractivity contribution in [2.45, 2.75) is 52.1 Å². The third-order valence-corrected chi connectivity index (χ3v) is 4.93. The van der Waals surface area contributed by atoms with E-state index in [9.17, 15) is 0 Å². The van der Waals surface area contributed by atoms with Crippen LogP contribution in [0.3, 0.4) is 0 Å². The molecule has 2 aromatic rings. The van der Waals surface area contributed by atoms with E-state index in [2.05, 4.69) is 61.8 Å². The highest BCUT2D eigenvalue weighted by atomic mass is 28.3. The largest absolute Gasteiger partial charge is 0.544 e. The molecule has 148 valence electrons. The molecular formula is C21H33N3O2Si. The fraction of sp³-hybridized carbons (Fsp3) is 0.476. The smallest absolute Gasteiger partial charge is 0.229 e. The van der Waals surface area contributed by atoms with E-state index >= 15 is 0 Å². The van der Waals surface area contributed by atoms with Gasteiger partial charge in [0.05, 0.1) is 12.8 Å². The first kappa shape index (κ1) is 21.2. The Kier molecular flexibility index (Phi) is 7.68. The number of benzene rings is 1. The molecule has 0 unspecified atom stereocenters. The third-order valence-electron chi connectivity index (χ3n) is 4.22. The van der Waals surface area contributed by atoms with E-state index in [1.54, 1.807) is 19.5 Å². The summed E-state index contributed by atoms with van der Waals surface area (Å²) in [6, 6.07) is 8.25. The lowest BCUT2D eigenvalue weighted by Gasteiger charge is -2.26. The van der Waals surface area contributed by atoms with Crippen molar-refractivity contribution < 1.29 is 9.16 Å². The van der Waals surface area contributed by atoms with Gasteiger partial charge < -0.3 is 14.6 Å². The number of anilines is 1. The standard InChI is InChI=1S/C21H33N3O2Si/c1-21(2,3)18-10-9-16(19(20(18)25-4)26-27(5)6)8-7-13-23-24-17-11-14-22-15-12-17/h9-12,14-15,23,27H,7-8,13H2,1-6H3,(H,22,24). The highest BCUT2D eigenvalue weighted by Gasteiger charge is 2.24. The maximum atomic E-state index is 6.30. The number of hydrazine groups is 1. The van der Waals surface area contributed by atoms with E-state index < -0.39 is 9.04 Å². The van der Waals surface area contributed by atoms with E-state index in [1.165, 1.54) is 11.1 Å². The van der Waals surface area contributed by atoms with Crippen LogP contribution in [0.1, 0.15) is 38.3 Å². The molecule has 5 nitrogen and oxygen atoms in total. The van der Waals surface area contributed by atoms with Crippen LogP contribution in [-0.4, -0.2) is 27.7 Å². The minimum Gasteiger partial charge on any atom is -0.544 e. The summed E-state index contributed by atoms with van der Waals surface area (Å²) >= 11 is 0. The zero-order valence-electron chi connectivity index (χ0n) is 17.4. The number of hydrogen-bond donors (Lipinski definition) is 2. The molecule has 0 saturated heterocycles. The molecule has 0 aliphatic rings. The van der Waals surface area contributed by atoms with Gasteiger partial charge in [-0.1, -0.05) is 32.9 Å². The molecule has 2 rings (SSSR count). The minimum atomic E-state index is -1.24. The van der Waals surface area contributed by atoms with Crippen LogP contribution in [0.15, 0.2) is 36.7 Å². The number of nitrogens with one attached hydrogen (secondary N) is 2. The summed E-state index contributed by atoms with van der Waals surface area (Å²) in [6.07, 6.45) is 5.47. The topological polar surface area (TPSA) is 55.4 Å². The molecule has 1 heterocycles. The molecule has 0 aliphatic carbocycles. The summed E-state index contributed by atoms with van der Waals surface area (Å²) in [7, 11) is 0.495. The molecule has 0 bridgehead atoms. The Hall–Kier alpha value is -2.05. The fourth-order valence-corrected chi connectivity index (χ4v) is 3.66. The van der Waals surface area contributed by atoms with Gasteiger partial charge in [0.25, 0.3) is 0 Å². The predicted molar refractivity (Wildman–Crippen MR) is 115 cm³/mol. The number of hydrogen-bond acceptors (Lipinski definition) is 5. The van der Waals surface area contributed by atoms with Crippen LogP contribution in [-0.2, 0) is 11.8 Å². The van der Waals surface area contributed by atoms with Crippen LogP contribution in [0, 0.1) is 0 Å². The second kappa shape index (κ2) is 9.76. The van der Waals surface area contributed by atoms with Gasteiger partial charge >= 0.3 is 0 Å². The van der Waals surface area contributed by atoms with Crippen molar-refractivity contribution in [1.29, 1.82) is 0 Å². The molecule has 27 heavy (non-hydrogen) atoms. The van der Waals surface area contributed by atoms with Gasteiger partial charge in [-0.05, 0) is 49.0 Å². The molecule has 0 aliphatic heterocycles. The molecule has 0 amide bonds. The predicted octanol–water partition coefficient (Wildman–Crippen LogP) is 4.30. The third kappa shape index (κ3) is 6.25. The Bertz CT molecular complexity index is 715. The molecule has 0 atom stereocenters. The lowest BCUT2D eigenvalue weighted by Crippen LogP contribution is -2.23. The Morgan fingerprint density at radius 3 is 2.33 bits per heavy atom. The summed E-state index contributed by atoms with van der Waals surface area (Å²) < 4.78 is 12.1. The van der Waals surface area contributed by atoms with Gasteiger partial charge in [-0.25, -0.2) is 5.43 Å². The van der Waals surface area contributed by atoms with Crippen molar-refractivity contribution in [2.24, 2.45) is 0 Å². The van der Waals surface area contributed by atoms with Crippen LogP contribution in [0.5, 0.6) is 11.5 Å². The summed E-state index contributed by atoms with van der Waals surface area (Å²) in [5, 5.41) is 0. The lowest BCUT2D eigenvalue weighted by atomic mass is 9.85. The summed E-state index contributed by atoms with van der Waals surface area (Å²) in [5.41, 5.74) is 9.87. The number of aromatic nitrogens is 1. The van der Waals surface area contributed by atoms with Gasteiger partial charge in [0.1, 0.15) is 5.75 Å². The van der Waals surface area contributed by atoms with Crippen LogP contribution < -0.4 is 20.0 Å². The van der Waals surface area contributed by atoms with Crippen molar-refractivity contribution in [2.75, 3.05) is 19.1 Å². The molecule has 2 N–H and O–H groups in total. The molecule has 0 fully saturated rings. The molecular weight excluding hydrogens is 354 g/mol. The summed E-state index contributed by atoms with van der Waals surface area (Å²) in [4.78, 5) is 4.01. The first-order valence-corrected chi connectivity index (χ1v) is 12.4. The number of ether oxygens (including phenoxy) is 1. The Morgan fingerprint density at radius 1 is 1.04 bits per heavy atom. The Morgan fingerprint density at radius 2 is 1.74 bits per heavy atom. The molecule has 0 radical (unpaired) electrons. The maximum Gasteiger partial charge on any atom is 0.229 e. The van der Waals surface area contributed by atoms with Crippen LogP contribution in [0.2, 0.25) is 13.1 Å². The number of nitrogens with zero attached hydrogens (tertiary/aromatic N) is 1. The van der Waals surface area contributed by atoms with Crippen LogP contribution >= 0.6 is 0 Å². The highest BCUT2D eigenvalue weighted by Crippen LogP contribution is 2.41. The molecule has 1 aromatic heterocycles. The zero-order valence-corrected chi connectivity index (χ0v) is 18.6. The van der Waals surface area contributed by atoms with E-state index in [0.717, 1.165) is 36.6 Å². The summed E-state index contributed by atoms with van der Waals surface area (Å²) in [5.74, 6) is 1.83. The van der Waals surface area contributed by atoms with Gasteiger partial charge in [0, 0.05) is 24.5 Å². The number of rotatable bonds is 9. The van der Waals surface area contributed by atoms with Crippen LogP contribution in [0.25, 0.3) is 0 Å². The Labute approximate surface area is 165 Å². The number of pyridine rings is 1. The van der Waals surface area contributed by atoms with E-state index in [0.29, 0.717) is 0 Å². The zero-order chi connectivity index (χ0) is 19.9. The van der Waals surface area contributed by atoms with E-state index in [1.807, 2.05) is 12.1 Å². The number of methoxy groups -OCH3 is 1. The first-order valence-electron chi connectivity index (χ1n) is 9.59. The van der Waals surface area contributed by atoms with Gasteiger partial charge in [0.2, 0.25) is 9.04 Å². The van der Waals surface area contributed by atoms with E-state index in [4.69, 9.17) is 9.16 Å². The SMILES string of the molecule is COc1c(C(C)(C)C)ccc(CCCNNc2ccncc2)c1O[SiH](C)C. The monoisotopic (exact) mass is 387 g/mol. The quantitative estimate of drug-likeness (QED) is 0.382. The molecule has 0 saturated carbocycles. The average molecular weight is 388 g/mol. The maximum absolute atomic E-state index is 6.30. The molecule has 1 aromatic carbocycles. The normalized spacial score (nSPS) is 11.5. The highest BCUT2D eigenvalue weighted by molar-refractivity contribution is 6.49. The van der Waals surface area contributed by atoms with Crippen molar-refractivity contribution >= 4 is 14.7 Å². The average Bonchev–Trinajstić information content (AvgIpc) is 2.61. The first-order chi connectivity index (χ1) is 12.8. The van der Waals surface area contributed by atoms with Crippen molar-refractivity contribution in [3.8, 4) is 11.5 Å². The molecule has 6 heteroatoms. The molecule has 0 spiro atoms. The van der Waals surface area contributed by atoms with Crippen molar-refractivity contribution in [3.05, 3.63) is 47.8 Å². The summed E-state index contributed by atoms with van der Waals surface area (Å²) in [6.45, 7) is 11.8. The number of aryl methyl sites for hydroxylation is 1. The second-order valence-electron chi connectivity index (χ2n) is 7.94. The van der Waals surface area contributed by atoms with Crippen LogP contribution in [0.4, 0.5) is 5.69 Å². The van der Waals surface area contributed by atoms with E-state index in [-0.39, 0.29) is 5.41 Å². The van der Waals surface area contributed by atoms with Gasteiger partial charge in [0.15, 0.2) is 5.75 Å².